The van der Waals surface area contributed by atoms with Crippen LogP contribution >= 0.6 is 0 Å². The number of aromatic carboxylic acids is 1. The second kappa shape index (κ2) is 4.60. The quantitative estimate of drug-likeness (QED) is 0.687. The number of ketones is 1. The molecule has 1 N–H and O–H groups in total. The third kappa shape index (κ3) is 2.35. The number of rotatable bonds is 3. The summed E-state index contributed by atoms with van der Waals surface area (Å²) in [6.07, 6.45) is 0. The summed E-state index contributed by atoms with van der Waals surface area (Å²) in [6, 6.07) is 3.07. The van der Waals surface area contributed by atoms with Gasteiger partial charge < -0.3 is 9.52 Å². The molecule has 1 aromatic carbocycles. The van der Waals surface area contributed by atoms with Crippen LogP contribution in [0.5, 0.6) is 0 Å². The number of carbonyl (C=O) groups excluding carboxylic acids is 1. The van der Waals surface area contributed by atoms with Gasteiger partial charge in [-0.1, -0.05) is 0 Å². The maximum atomic E-state index is 13.0. The van der Waals surface area contributed by atoms with Gasteiger partial charge in [0.05, 0.1) is 0 Å². The number of benzene rings is 1. The second-order valence-electron chi connectivity index (χ2n) is 3.55. The topological polar surface area (TPSA) is 67.5 Å². The van der Waals surface area contributed by atoms with E-state index in [4.69, 9.17) is 5.11 Å². The van der Waals surface area contributed by atoms with Crippen LogP contribution in [0.1, 0.15) is 26.7 Å². The summed E-state index contributed by atoms with van der Waals surface area (Å²) in [5.41, 5.74) is -0.484. The summed E-state index contributed by atoms with van der Waals surface area (Å²) in [7, 11) is 0. The largest absolute Gasteiger partial charge is 0.475 e. The van der Waals surface area contributed by atoms with Crippen molar-refractivity contribution < 1.29 is 32.3 Å². The van der Waals surface area contributed by atoms with Gasteiger partial charge in [0.15, 0.2) is 23.2 Å². The Morgan fingerprint density at radius 1 is 1.00 bits per heavy atom. The maximum Gasteiger partial charge on any atom is 0.371 e. The van der Waals surface area contributed by atoms with Gasteiger partial charge in [-0.3, -0.25) is 4.79 Å². The normalized spacial score (nSPS) is 10.5. The lowest BCUT2D eigenvalue weighted by Crippen LogP contribution is -2.03. The molecule has 0 saturated heterocycles. The molecule has 98 valence electrons. The van der Waals surface area contributed by atoms with Gasteiger partial charge in [-0.15, -0.1) is 0 Å². The Morgan fingerprint density at radius 3 is 2.00 bits per heavy atom. The van der Waals surface area contributed by atoms with Crippen LogP contribution < -0.4 is 0 Å². The Bertz CT molecular complexity index is 652. The van der Waals surface area contributed by atoms with Crippen molar-refractivity contribution in [3.63, 3.8) is 0 Å². The SMILES string of the molecule is O=C(O)c1ccc(C(=O)c2cc(F)c(F)c(F)c2)o1. The minimum Gasteiger partial charge on any atom is -0.475 e. The van der Waals surface area contributed by atoms with Gasteiger partial charge in [0.1, 0.15) is 0 Å². The molecule has 19 heavy (non-hydrogen) atoms. The van der Waals surface area contributed by atoms with Crippen molar-refractivity contribution in [2.75, 3.05) is 0 Å². The third-order valence-electron chi connectivity index (χ3n) is 2.29. The van der Waals surface area contributed by atoms with E-state index in [-0.39, 0.29) is 0 Å². The average Bonchev–Trinajstić information content (AvgIpc) is 2.84. The summed E-state index contributed by atoms with van der Waals surface area (Å²) in [4.78, 5) is 22.3. The highest BCUT2D eigenvalue weighted by atomic mass is 19.2. The molecule has 4 nitrogen and oxygen atoms in total. The molecule has 1 heterocycles. The average molecular weight is 270 g/mol. The van der Waals surface area contributed by atoms with E-state index >= 15 is 0 Å². The van der Waals surface area contributed by atoms with E-state index in [1.807, 2.05) is 0 Å². The zero-order chi connectivity index (χ0) is 14.2. The van der Waals surface area contributed by atoms with Crippen molar-refractivity contribution in [2.45, 2.75) is 0 Å². The molecule has 0 aliphatic carbocycles. The van der Waals surface area contributed by atoms with E-state index in [2.05, 4.69) is 4.42 Å². The van der Waals surface area contributed by atoms with Gasteiger partial charge in [-0.2, -0.15) is 0 Å². The van der Waals surface area contributed by atoms with Crippen LogP contribution in [0.25, 0.3) is 0 Å². The Balaban J connectivity index is 2.41. The van der Waals surface area contributed by atoms with E-state index in [0.717, 1.165) is 12.1 Å². The Labute approximate surface area is 104 Å². The van der Waals surface area contributed by atoms with Gasteiger partial charge in [-0.05, 0) is 24.3 Å². The molecular formula is C12H5F3O4. The Hall–Kier alpha value is -2.57. The molecule has 2 aromatic rings. The van der Waals surface area contributed by atoms with Crippen LogP contribution in [0, 0.1) is 17.5 Å². The first kappa shape index (κ1) is 12.9. The summed E-state index contributed by atoms with van der Waals surface area (Å²) in [5.74, 6) is -7.99. The van der Waals surface area contributed by atoms with Crippen molar-refractivity contribution in [3.05, 3.63) is 58.8 Å². The first-order chi connectivity index (χ1) is 8.90. The molecule has 7 heteroatoms. The van der Waals surface area contributed by atoms with Crippen molar-refractivity contribution in [1.29, 1.82) is 0 Å². The number of carbonyl (C=O) groups is 2. The maximum absolute atomic E-state index is 13.0. The molecule has 2 rings (SSSR count). The van der Waals surface area contributed by atoms with Crippen molar-refractivity contribution in [3.8, 4) is 0 Å². The van der Waals surface area contributed by atoms with Crippen LogP contribution in [0.4, 0.5) is 13.2 Å². The smallest absolute Gasteiger partial charge is 0.371 e. The minimum atomic E-state index is -1.69. The molecule has 0 radical (unpaired) electrons. The van der Waals surface area contributed by atoms with E-state index in [1.54, 1.807) is 0 Å². The molecule has 0 atom stereocenters. The molecule has 0 amide bonds. The lowest BCUT2D eigenvalue weighted by molar-refractivity contribution is 0.0660. The van der Waals surface area contributed by atoms with Crippen molar-refractivity contribution in [2.24, 2.45) is 0 Å². The van der Waals surface area contributed by atoms with Gasteiger partial charge in [0.25, 0.3) is 0 Å². The number of carboxylic acids is 1. The number of hydrogen-bond acceptors (Lipinski definition) is 3. The zero-order valence-electron chi connectivity index (χ0n) is 9.12. The fourth-order valence-electron chi connectivity index (χ4n) is 1.40. The lowest BCUT2D eigenvalue weighted by Gasteiger charge is -2.00. The number of furan rings is 1. The Morgan fingerprint density at radius 2 is 1.53 bits per heavy atom. The standard InChI is InChI=1S/C12H5F3O4/c13-6-3-5(4-7(14)10(6)15)11(16)8-1-2-9(19-8)12(17)18/h1-4H,(H,17,18). The first-order valence-corrected chi connectivity index (χ1v) is 4.92. The highest BCUT2D eigenvalue weighted by Crippen LogP contribution is 2.18. The molecule has 0 aliphatic rings. The van der Waals surface area contributed by atoms with Crippen LogP contribution in [0.3, 0.4) is 0 Å². The van der Waals surface area contributed by atoms with Crippen LogP contribution in [0.15, 0.2) is 28.7 Å². The molecule has 0 aliphatic heterocycles. The minimum absolute atomic E-state index is 0.414. The number of hydrogen-bond donors (Lipinski definition) is 1. The van der Waals surface area contributed by atoms with Gasteiger partial charge in [-0.25, -0.2) is 18.0 Å². The first-order valence-electron chi connectivity index (χ1n) is 4.92. The molecule has 0 unspecified atom stereocenters. The van der Waals surface area contributed by atoms with Crippen molar-refractivity contribution >= 4 is 11.8 Å². The molecule has 0 fully saturated rings. The molecular weight excluding hydrogens is 265 g/mol. The highest BCUT2D eigenvalue weighted by molar-refractivity contribution is 6.07. The van der Waals surface area contributed by atoms with E-state index in [9.17, 15) is 22.8 Å². The molecule has 0 bridgehead atoms. The van der Waals surface area contributed by atoms with Crippen molar-refractivity contribution in [1.82, 2.24) is 0 Å². The monoisotopic (exact) mass is 270 g/mol. The van der Waals surface area contributed by atoms with E-state index in [1.165, 1.54) is 0 Å². The van der Waals surface area contributed by atoms with Gasteiger partial charge >= 0.3 is 5.97 Å². The number of halogens is 3. The lowest BCUT2D eigenvalue weighted by atomic mass is 10.1. The van der Waals surface area contributed by atoms with Gasteiger partial charge in [0.2, 0.25) is 11.5 Å². The van der Waals surface area contributed by atoms with Crippen LogP contribution in [0.2, 0.25) is 0 Å². The van der Waals surface area contributed by atoms with Gasteiger partial charge in [0, 0.05) is 5.56 Å². The van der Waals surface area contributed by atoms with Crippen LogP contribution in [-0.2, 0) is 0 Å². The fraction of sp³-hybridized carbons (Fsp3) is 0. The summed E-state index contributed by atoms with van der Waals surface area (Å²) >= 11 is 0. The second-order valence-corrected chi connectivity index (χ2v) is 3.55. The van der Waals surface area contributed by atoms with E-state index < -0.39 is 46.3 Å². The highest BCUT2D eigenvalue weighted by Gasteiger charge is 2.20. The summed E-state index contributed by atoms with van der Waals surface area (Å²) < 4.78 is 43.3. The predicted octanol–water partition coefficient (Wildman–Crippen LogP) is 2.63. The molecule has 1 aromatic heterocycles. The Kier molecular flexibility index (Phi) is 3.12. The molecule has 0 spiro atoms. The third-order valence-corrected chi connectivity index (χ3v) is 2.29. The summed E-state index contributed by atoms with van der Waals surface area (Å²) in [5, 5.41) is 8.60. The molecule has 0 saturated carbocycles. The van der Waals surface area contributed by atoms with E-state index in [0.29, 0.717) is 12.1 Å². The fourth-order valence-corrected chi connectivity index (χ4v) is 1.40. The predicted molar refractivity (Wildman–Crippen MR) is 55.4 cm³/mol. The zero-order valence-corrected chi connectivity index (χ0v) is 9.12. The van der Waals surface area contributed by atoms with Crippen LogP contribution in [-0.4, -0.2) is 16.9 Å². The number of carboxylic acid groups (broad SMARTS) is 1. The summed E-state index contributed by atoms with van der Waals surface area (Å²) in [6.45, 7) is 0.